The minimum atomic E-state index is 0.726. The molecule has 1 saturated heterocycles. The molecule has 0 unspecified atom stereocenters. The summed E-state index contributed by atoms with van der Waals surface area (Å²) in [6, 6.07) is 0. The van der Waals surface area contributed by atoms with Crippen molar-refractivity contribution in [3.63, 3.8) is 0 Å². The van der Waals surface area contributed by atoms with Gasteiger partial charge in [0.25, 0.3) is 0 Å². The molecule has 22 heavy (non-hydrogen) atoms. The summed E-state index contributed by atoms with van der Waals surface area (Å²) in [5, 5.41) is 0. The summed E-state index contributed by atoms with van der Waals surface area (Å²) in [7, 11) is 0. The first-order valence-electron chi connectivity index (χ1n) is 7.45. The molecule has 0 spiro atoms. The standard InChI is InChI=1S/C15H18N6O/c1-12-18-13(11-22-12)10-19-6-8-21(9-7-19)15-14-16-2-4-20(14)5-3-17-15/h2-5,11H,6-10H2,1H3. The molecule has 0 aromatic carbocycles. The number of hydrogen-bond acceptors (Lipinski definition) is 6. The van der Waals surface area contributed by atoms with Gasteiger partial charge in [-0.05, 0) is 0 Å². The molecule has 7 nitrogen and oxygen atoms in total. The van der Waals surface area contributed by atoms with Crippen LogP contribution in [0, 0.1) is 6.92 Å². The Kier molecular flexibility index (Phi) is 3.27. The molecule has 0 radical (unpaired) electrons. The number of hydrogen-bond donors (Lipinski definition) is 0. The van der Waals surface area contributed by atoms with Crippen LogP contribution >= 0.6 is 0 Å². The smallest absolute Gasteiger partial charge is 0.191 e. The van der Waals surface area contributed by atoms with Crippen LogP contribution in [0.2, 0.25) is 0 Å². The highest BCUT2D eigenvalue weighted by molar-refractivity contribution is 5.64. The Morgan fingerprint density at radius 1 is 1.09 bits per heavy atom. The zero-order valence-electron chi connectivity index (χ0n) is 12.5. The van der Waals surface area contributed by atoms with Crippen LogP contribution in [0.4, 0.5) is 5.82 Å². The van der Waals surface area contributed by atoms with Crippen LogP contribution < -0.4 is 4.90 Å². The first-order valence-corrected chi connectivity index (χ1v) is 7.45. The van der Waals surface area contributed by atoms with Crippen molar-refractivity contribution in [1.82, 2.24) is 24.3 Å². The van der Waals surface area contributed by atoms with E-state index < -0.39 is 0 Å². The second-order valence-corrected chi connectivity index (χ2v) is 5.53. The third-order valence-electron chi connectivity index (χ3n) is 4.02. The number of aryl methyl sites for hydroxylation is 1. The Morgan fingerprint density at radius 3 is 2.59 bits per heavy atom. The van der Waals surface area contributed by atoms with Crippen molar-refractivity contribution in [2.45, 2.75) is 13.5 Å². The predicted octanol–water partition coefficient (Wildman–Crippen LogP) is 1.35. The van der Waals surface area contributed by atoms with E-state index in [9.17, 15) is 0 Å². The van der Waals surface area contributed by atoms with Gasteiger partial charge in [0.05, 0.1) is 5.69 Å². The van der Waals surface area contributed by atoms with Gasteiger partial charge in [0, 0.05) is 64.4 Å². The lowest BCUT2D eigenvalue weighted by molar-refractivity contribution is 0.246. The van der Waals surface area contributed by atoms with Crippen molar-refractivity contribution in [1.29, 1.82) is 0 Å². The number of anilines is 1. The summed E-state index contributed by atoms with van der Waals surface area (Å²) < 4.78 is 7.27. The van der Waals surface area contributed by atoms with Crippen molar-refractivity contribution in [3.05, 3.63) is 42.6 Å². The van der Waals surface area contributed by atoms with Crippen LogP contribution in [0.25, 0.3) is 5.65 Å². The fraction of sp³-hybridized carbons (Fsp3) is 0.400. The van der Waals surface area contributed by atoms with Crippen molar-refractivity contribution in [2.24, 2.45) is 0 Å². The van der Waals surface area contributed by atoms with Crippen molar-refractivity contribution < 1.29 is 4.42 Å². The largest absolute Gasteiger partial charge is 0.449 e. The molecule has 4 heterocycles. The highest BCUT2D eigenvalue weighted by Gasteiger charge is 2.21. The van der Waals surface area contributed by atoms with E-state index in [2.05, 4.69) is 24.8 Å². The van der Waals surface area contributed by atoms with Crippen LogP contribution in [0.1, 0.15) is 11.6 Å². The van der Waals surface area contributed by atoms with Gasteiger partial charge in [-0.1, -0.05) is 0 Å². The Morgan fingerprint density at radius 2 is 1.86 bits per heavy atom. The van der Waals surface area contributed by atoms with Crippen LogP contribution in [-0.4, -0.2) is 50.4 Å². The Labute approximate surface area is 128 Å². The summed E-state index contributed by atoms with van der Waals surface area (Å²) >= 11 is 0. The third kappa shape index (κ3) is 2.43. The molecule has 0 N–H and O–H groups in total. The number of rotatable bonds is 3. The van der Waals surface area contributed by atoms with Gasteiger partial charge in [-0.3, -0.25) is 4.90 Å². The molecule has 0 aliphatic carbocycles. The fourth-order valence-electron chi connectivity index (χ4n) is 2.89. The molecule has 4 rings (SSSR count). The van der Waals surface area contributed by atoms with Crippen LogP contribution in [-0.2, 0) is 6.54 Å². The molecule has 0 bridgehead atoms. The minimum Gasteiger partial charge on any atom is -0.449 e. The molecule has 1 aliphatic heterocycles. The zero-order chi connectivity index (χ0) is 14.9. The second-order valence-electron chi connectivity index (χ2n) is 5.53. The lowest BCUT2D eigenvalue weighted by atomic mass is 10.3. The topological polar surface area (TPSA) is 62.7 Å². The van der Waals surface area contributed by atoms with Gasteiger partial charge in [-0.15, -0.1) is 0 Å². The predicted molar refractivity (Wildman–Crippen MR) is 81.7 cm³/mol. The summed E-state index contributed by atoms with van der Waals surface area (Å²) in [6.07, 6.45) is 9.26. The molecule has 0 amide bonds. The van der Waals surface area contributed by atoms with Gasteiger partial charge >= 0.3 is 0 Å². The van der Waals surface area contributed by atoms with Crippen molar-refractivity contribution in [3.8, 4) is 0 Å². The van der Waals surface area contributed by atoms with Gasteiger partial charge in [-0.2, -0.15) is 0 Å². The molecule has 0 atom stereocenters. The zero-order valence-corrected chi connectivity index (χ0v) is 12.5. The van der Waals surface area contributed by atoms with E-state index in [0.29, 0.717) is 0 Å². The maximum Gasteiger partial charge on any atom is 0.191 e. The molecule has 114 valence electrons. The molecule has 0 saturated carbocycles. The van der Waals surface area contributed by atoms with E-state index in [1.54, 1.807) is 6.26 Å². The van der Waals surface area contributed by atoms with Crippen LogP contribution in [0.15, 0.2) is 35.5 Å². The number of aromatic nitrogens is 4. The first kappa shape index (κ1) is 13.3. The summed E-state index contributed by atoms with van der Waals surface area (Å²) in [6.45, 7) is 6.56. The highest BCUT2D eigenvalue weighted by atomic mass is 16.3. The van der Waals surface area contributed by atoms with Crippen LogP contribution in [0.3, 0.4) is 0 Å². The number of imidazole rings is 1. The SMILES string of the molecule is Cc1nc(CN2CCN(c3nccn4ccnc34)CC2)co1. The molecular weight excluding hydrogens is 280 g/mol. The number of oxazole rings is 1. The number of fused-ring (bicyclic) bond motifs is 1. The molecule has 3 aromatic rings. The minimum absolute atomic E-state index is 0.726. The Hall–Kier alpha value is -2.41. The molecular formula is C15H18N6O. The van der Waals surface area contributed by atoms with Gasteiger partial charge < -0.3 is 13.7 Å². The van der Waals surface area contributed by atoms with Gasteiger partial charge in [-0.25, -0.2) is 15.0 Å². The summed E-state index contributed by atoms with van der Waals surface area (Å²) in [5.74, 6) is 1.69. The molecule has 1 aliphatic rings. The molecule has 1 fully saturated rings. The van der Waals surface area contributed by atoms with Gasteiger partial charge in [0.15, 0.2) is 17.4 Å². The highest BCUT2D eigenvalue weighted by Crippen LogP contribution is 2.19. The normalized spacial score (nSPS) is 16.5. The van der Waals surface area contributed by atoms with Gasteiger partial charge in [0.1, 0.15) is 6.26 Å². The maximum absolute atomic E-state index is 5.27. The number of nitrogens with zero attached hydrogens (tertiary/aromatic N) is 6. The average molecular weight is 298 g/mol. The van der Waals surface area contributed by atoms with E-state index in [4.69, 9.17) is 4.42 Å². The van der Waals surface area contributed by atoms with E-state index in [1.165, 1.54) is 0 Å². The summed E-state index contributed by atoms with van der Waals surface area (Å²) in [4.78, 5) is 18.0. The van der Waals surface area contributed by atoms with Gasteiger partial charge in [0.2, 0.25) is 0 Å². The Bertz CT molecular complexity index is 771. The quantitative estimate of drug-likeness (QED) is 0.727. The van der Waals surface area contributed by atoms with E-state index in [-0.39, 0.29) is 0 Å². The molecule has 7 heteroatoms. The summed E-state index contributed by atoms with van der Waals surface area (Å²) in [5.41, 5.74) is 1.92. The second kappa shape index (κ2) is 5.42. The van der Waals surface area contributed by atoms with Crippen molar-refractivity contribution in [2.75, 3.05) is 31.1 Å². The van der Waals surface area contributed by atoms with Crippen molar-refractivity contribution >= 4 is 11.5 Å². The average Bonchev–Trinajstić information content (AvgIpc) is 3.16. The Balaban J connectivity index is 1.44. The lowest BCUT2D eigenvalue weighted by Crippen LogP contribution is -2.46. The fourth-order valence-corrected chi connectivity index (χ4v) is 2.89. The van der Waals surface area contributed by atoms with E-state index in [1.807, 2.05) is 36.1 Å². The number of piperazine rings is 1. The van der Waals surface area contributed by atoms with Crippen LogP contribution in [0.5, 0.6) is 0 Å². The van der Waals surface area contributed by atoms with E-state index in [0.717, 1.165) is 55.8 Å². The monoisotopic (exact) mass is 298 g/mol. The first-order chi connectivity index (χ1) is 10.8. The third-order valence-corrected chi connectivity index (χ3v) is 4.02. The van der Waals surface area contributed by atoms with E-state index >= 15 is 0 Å². The molecule has 3 aromatic heterocycles. The maximum atomic E-state index is 5.27. The lowest BCUT2D eigenvalue weighted by Gasteiger charge is -2.34.